The fourth-order valence-corrected chi connectivity index (χ4v) is 3.31. The second-order valence-electron chi connectivity index (χ2n) is 6.79. The van der Waals surface area contributed by atoms with E-state index in [1.54, 1.807) is 54.6 Å². The average molecular weight is 422 g/mol. The number of hydrogen-bond donors (Lipinski definition) is 3. The zero-order valence-electron chi connectivity index (χ0n) is 16.8. The highest BCUT2D eigenvalue weighted by atomic mass is 32.1. The van der Waals surface area contributed by atoms with Crippen molar-refractivity contribution in [1.29, 1.82) is 0 Å². The third-order valence-corrected chi connectivity index (χ3v) is 5.43. The molecular formula is C23H23N3O3S. The standard InChI is InChI=1S/C23H23N3O3S/c1-3-15(2)24-22(28)18-7-4-5-8-19(18)26-21(27)16-10-12-17(13-11-16)25-23(29)20-9-6-14-30-20/h4-15H,3H2,1-2H3,(H,24,28)(H,25,29)(H,26,27). The molecule has 0 aliphatic rings. The van der Waals surface area contributed by atoms with E-state index in [0.717, 1.165) is 6.42 Å². The molecule has 0 radical (unpaired) electrons. The lowest BCUT2D eigenvalue weighted by molar-refractivity contribution is 0.0939. The van der Waals surface area contributed by atoms with Gasteiger partial charge in [-0.05, 0) is 61.2 Å². The van der Waals surface area contributed by atoms with Gasteiger partial charge in [0.05, 0.1) is 16.1 Å². The van der Waals surface area contributed by atoms with E-state index in [4.69, 9.17) is 0 Å². The first-order valence-corrected chi connectivity index (χ1v) is 10.5. The number of carbonyl (C=O) groups excluding carboxylic acids is 3. The Morgan fingerprint density at radius 3 is 2.27 bits per heavy atom. The number of anilines is 2. The third kappa shape index (κ3) is 5.33. The summed E-state index contributed by atoms with van der Waals surface area (Å²) in [6.45, 7) is 3.92. The number of nitrogens with one attached hydrogen (secondary N) is 3. The van der Waals surface area contributed by atoms with Crippen LogP contribution in [0, 0.1) is 0 Å². The molecule has 3 N–H and O–H groups in total. The Hall–Kier alpha value is -3.45. The molecule has 1 aromatic heterocycles. The summed E-state index contributed by atoms with van der Waals surface area (Å²) >= 11 is 1.36. The molecule has 0 aliphatic heterocycles. The van der Waals surface area contributed by atoms with Gasteiger partial charge in [0.1, 0.15) is 0 Å². The first-order chi connectivity index (χ1) is 14.5. The largest absolute Gasteiger partial charge is 0.350 e. The van der Waals surface area contributed by atoms with Gasteiger partial charge in [-0.15, -0.1) is 11.3 Å². The van der Waals surface area contributed by atoms with Crippen LogP contribution in [0.2, 0.25) is 0 Å². The molecule has 3 rings (SSSR count). The minimum Gasteiger partial charge on any atom is -0.350 e. The molecule has 3 amide bonds. The summed E-state index contributed by atoms with van der Waals surface area (Å²) in [4.78, 5) is 37.9. The second-order valence-corrected chi connectivity index (χ2v) is 7.74. The lowest BCUT2D eigenvalue weighted by atomic mass is 10.1. The zero-order chi connectivity index (χ0) is 21.5. The second kappa shape index (κ2) is 9.84. The molecule has 0 aliphatic carbocycles. The summed E-state index contributed by atoms with van der Waals surface area (Å²) in [7, 11) is 0. The van der Waals surface area contributed by atoms with E-state index in [0.29, 0.717) is 27.4 Å². The van der Waals surface area contributed by atoms with Crippen molar-refractivity contribution in [2.45, 2.75) is 26.3 Å². The summed E-state index contributed by atoms with van der Waals surface area (Å²) in [5.41, 5.74) is 1.86. The third-order valence-electron chi connectivity index (χ3n) is 4.56. The Kier molecular flexibility index (Phi) is 6.98. The van der Waals surface area contributed by atoms with Gasteiger partial charge in [-0.2, -0.15) is 0 Å². The minimum atomic E-state index is -0.338. The molecule has 154 valence electrons. The first kappa shape index (κ1) is 21.3. The fourth-order valence-electron chi connectivity index (χ4n) is 2.69. The fraction of sp³-hybridized carbons (Fsp3) is 0.174. The molecule has 1 atom stereocenters. The zero-order valence-corrected chi connectivity index (χ0v) is 17.6. The van der Waals surface area contributed by atoms with Crippen LogP contribution in [-0.2, 0) is 0 Å². The van der Waals surface area contributed by atoms with Crippen molar-refractivity contribution >= 4 is 40.4 Å². The maximum atomic E-state index is 12.7. The van der Waals surface area contributed by atoms with Gasteiger partial charge in [-0.25, -0.2) is 0 Å². The van der Waals surface area contributed by atoms with Crippen molar-refractivity contribution < 1.29 is 14.4 Å². The van der Waals surface area contributed by atoms with Crippen LogP contribution >= 0.6 is 11.3 Å². The van der Waals surface area contributed by atoms with E-state index >= 15 is 0 Å². The van der Waals surface area contributed by atoms with Gasteiger partial charge in [0.2, 0.25) is 0 Å². The van der Waals surface area contributed by atoms with Gasteiger partial charge < -0.3 is 16.0 Å². The normalized spacial score (nSPS) is 11.4. The van der Waals surface area contributed by atoms with Gasteiger partial charge in [0.25, 0.3) is 17.7 Å². The molecule has 1 heterocycles. The number of hydrogen-bond acceptors (Lipinski definition) is 4. The molecule has 6 nitrogen and oxygen atoms in total. The van der Waals surface area contributed by atoms with Crippen molar-refractivity contribution in [3.05, 3.63) is 82.0 Å². The van der Waals surface area contributed by atoms with Crippen molar-refractivity contribution in [3.8, 4) is 0 Å². The Balaban J connectivity index is 1.68. The lowest BCUT2D eigenvalue weighted by Crippen LogP contribution is -2.32. The van der Waals surface area contributed by atoms with E-state index in [1.165, 1.54) is 11.3 Å². The number of thiophene rings is 1. The molecule has 3 aromatic rings. The van der Waals surface area contributed by atoms with Crippen LogP contribution in [0.25, 0.3) is 0 Å². The highest BCUT2D eigenvalue weighted by Crippen LogP contribution is 2.18. The summed E-state index contributed by atoms with van der Waals surface area (Å²) in [6, 6.07) is 17.1. The van der Waals surface area contributed by atoms with Crippen molar-refractivity contribution in [1.82, 2.24) is 5.32 Å². The Labute approximate surface area is 179 Å². The summed E-state index contributed by atoms with van der Waals surface area (Å²) in [6.07, 6.45) is 0.815. The quantitative estimate of drug-likeness (QED) is 0.513. The van der Waals surface area contributed by atoms with E-state index < -0.39 is 0 Å². The predicted molar refractivity (Wildman–Crippen MR) is 120 cm³/mol. The van der Waals surface area contributed by atoms with Crippen molar-refractivity contribution in [2.75, 3.05) is 10.6 Å². The highest BCUT2D eigenvalue weighted by molar-refractivity contribution is 7.12. The molecule has 1 unspecified atom stereocenters. The van der Waals surface area contributed by atoms with Gasteiger partial charge >= 0.3 is 0 Å². The van der Waals surface area contributed by atoms with Crippen LogP contribution in [0.15, 0.2) is 66.0 Å². The van der Waals surface area contributed by atoms with Crippen molar-refractivity contribution in [3.63, 3.8) is 0 Å². The van der Waals surface area contributed by atoms with E-state index in [-0.39, 0.29) is 23.8 Å². The van der Waals surface area contributed by atoms with Crippen LogP contribution in [-0.4, -0.2) is 23.8 Å². The Morgan fingerprint density at radius 1 is 0.867 bits per heavy atom. The van der Waals surface area contributed by atoms with E-state index in [2.05, 4.69) is 16.0 Å². The van der Waals surface area contributed by atoms with E-state index in [1.807, 2.05) is 25.3 Å². The maximum absolute atomic E-state index is 12.7. The highest BCUT2D eigenvalue weighted by Gasteiger charge is 2.15. The molecule has 2 aromatic carbocycles. The number of rotatable bonds is 7. The number of carbonyl (C=O) groups is 3. The average Bonchev–Trinajstić information content (AvgIpc) is 3.29. The molecular weight excluding hydrogens is 398 g/mol. The smallest absolute Gasteiger partial charge is 0.265 e. The molecule has 30 heavy (non-hydrogen) atoms. The molecule has 0 bridgehead atoms. The Morgan fingerprint density at radius 2 is 1.60 bits per heavy atom. The van der Waals surface area contributed by atoms with Crippen molar-refractivity contribution in [2.24, 2.45) is 0 Å². The molecule has 7 heteroatoms. The monoisotopic (exact) mass is 421 g/mol. The first-order valence-electron chi connectivity index (χ1n) is 9.64. The summed E-state index contributed by atoms with van der Waals surface area (Å²) < 4.78 is 0. The minimum absolute atomic E-state index is 0.0400. The maximum Gasteiger partial charge on any atom is 0.265 e. The molecule has 0 fully saturated rings. The van der Waals surface area contributed by atoms with Crippen LogP contribution < -0.4 is 16.0 Å². The predicted octanol–water partition coefficient (Wildman–Crippen LogP) is 4.78. The topological polar surface area (TPSA) is 87.3 Å². The van der Waals surface area contributed by atoms with Crippen LogP contribution in [0.1, 0.15) is 50.7 Å². The van der Waals surface area contributed by atoms with Crippen LogP contribution in [0.4, 0.5) is 11.4 Å². The van der Waals surface area contributed by atoms with Crippen LogP contribution in [0.3, 0.4) is 0 Å². The summed E-state index contributed by atoms with van der Waals surface area (Å²) in [5.74, 6) is -0.759. The van der Waals surface area contributed by atoms with E-state index in [9.17, 15) is 14.4 Å². The number of amides is 3. The van der Waals surface area contributed by atoms with Gasteiger partial charge in [0, 0.05) is 17.3 Å². The molecule has 0 saturated carbocycles. The van der Waals surface area contributed by atoms with Gasteiger partial charge in [-0.1, -0.05) is 25.1 Å². The lowest BCUT2D eigenvalue weighted by Gasteiger charge is -2.14. The number of para-hydroxylation sites is 1. The molecule has 0 spiro atoms. The number of benzene rings is 2. The Bertz CT molecular complexity index is 1030. The van der Waals surface area contributed by atoms with Gasteiger partial charge in [0.15, 0.2) is 0 Å². The van der Waals surface area contributed by atoms with Crippen LogP contribution in [0.5, 0.6) is 0 Å². The van der Waals surface area contributed by atoms with Gasteiger partial charge in [-0.3, -0.25) is 14.4 Å². The SMILES string of the molecule is CCC(C)NC(=O)c1ccccc1NC(=O)c1ccc(NC(=O)c2cccs2)cc1. The molecule has 0 saturated heterocycles. The summed E-state index contributed by atoms with van der Waals surface area (Å²) in [5, 5.41) is 10.3.